The fraction of sp³-hybridized carbons (Fsp3) is 0.136. The first kappa shape index (κ1) is 29.6. The summed E-state index contributed by atoms with van der Waals surface area (Å²) in [4.78, 5) is 4.73. The largest absolute Gasteiger partial charge is 0.397 e. The van der Waals surface area contributed by atoms with E-state index in [9.17, 15) is 0 Å². The lowest BCUT2D eigenvalue weighted by Gasteiger charge is -2.42. The van der Waals surface area contributed by atoms with Gasteiger partial charge in [-0.25, -0.2) is 0 Å². The number of fused-ring (bicyclic) bond motifs is 4. The summed E-state index contributed by atoms with van der Waals surface area (Å²) in [5, 5.41) is 3.42. The van der Waals surface area contributed by atoms with Crippen LogP contribution in [0.15, 0.2) is 152 Å². The zero-order valence-electron chi connectivity index (χ0n) is 27.9. The van der Waals surface area contributed by atoms with Gasteiger partial charge in [0, 0.05) is 34.1 Å². The smallest absolute Gasteiger partial charge is 0.0550 e. The molecule has 3 N–H and O–H groups in total. The maximum absolute atomic E-state index is 6.62. The van der Waals surface area contributed by atoms with E-state index in [0.717, 1.165) is 22.6 Å². The number of nitrogens with two attached hydrogens (primary N) is 1. The maximum Gasteiger partial charge on any atom is 0.0550 e. The summed E-state index contributed by atoms with van der Waals surface area (Å²) in [6.07, 6.45) is 1.88. The van der Waals surface area contributed by atoms with Gasteiger partial charge in [0.2, 0.25) is 0 Å². The molecule has 0 amide bonds. The van der Waals surface area contributed by atoms with Crippen molar-refractivity contribution in [2.75, 3.05) is 15.1 Å². The summed E-state index contributed by atoms with van der Waals surface area (Å²) in [5.41, 5.74) is 21.4. The van der Waals surface area contributed by atoms with Gasteiger partial charge in [-0.2, -0.15) is 0 Å². The Bertz CT molecular complexity index is 2070. The molecule has 0 radical (unpaired) electrons. The van der Waals surface area contributed by atoms with Crippen LogP contribution in [0, 0.1) is 0 Å². The van der Waals surface area contributed by atoms with Crippen molar-refractivity contribution in [3.63, 3.8) is 0 Å². The lowest BCUT2D eigenvalue weighted by molar-refractivity contribution is 0.632. The molecule has 2 heterocycles. The Morgan fingerprint density at radius 3 is 1.19 bits per heavy atom. The second-order valence-corrected chi connectivity index (χ2v) is 13.8. The van der Waals surface area contributed by atoms with Crippen LogP contribution in [-0.4, -0.2) is 0 Å². The van der Waals surface area contributed by atoms with Crippen molar-refractivity contribution in [1.82, 2.24) is 0 Å². The summed E-state index contributed by atoms with van der Waals surface area (Å²) < 4.78 is 0. The molecule has 6 aromatic carbocycles. The van der Waals surface area contributed by atoms with Crippen molar-refractivity contribution in [3.8, 4) is 0 Å². The molecule has 0 aliphatic carbocycles. The third-order valence-electron chi connectivity index (χ3n) is 10.3. The second-order valence-electron chi connectivity index (χ2n) is 13.8. The molecular weight excluding hydrogens is 585 g/mol. The molecule has 0 fully saturated rings. The Hall–Kier alpha value is -5.74. The van der Waals surface area contributed by atoms with E-state index >= 15 is 0 Å². The third kappa shape index (κ3) is 4.67. The summed E-state index contributed by atoms with van der Waals surface area (Å²) in [5.74, 6) is 0. The monoisotopic (exact) mass is 624 g/mol. The Morgan fingerprint density at radius 1 is 0.479 bits per heavy atom. The summed E-state index contributed by atoms with van der Waals surface area (Å²) >= 11 is 0. The highest BCUT2D eigenvalue weighted by atomic mass is 15.2. The first-order valence-electron chi connectivity index (χ1n) is 16.7. The highest BCUT2D eigenvalue weighted by Gasteiger charge is 2.37. The van der Waals surface area contributed by atoms with Crippen LogP contribution in [0.4, 0.5) is 39.8 Å². The van der Waals surface area contributed by atoms with E-state index in [0.29, 0.717) is 5.70 Å². The van der Waals surface area contributed by atoms with Gasteiger partial charge >= 0.3 is 0 Å². The van der Waals surface area contributed by atoms with Crippen LogP contribution in [0.5, 0.6) is 0 Å². The lowest BCUT2D eigenvalue weighted by atomic mass is 9.73. The highest BCUT2D eigenvalue weighted by molar-refractivity contribution is 5.87. The minimum atomic E-state index is -0.0830. The Kier molecular flexibility index (Phi) is 6.92. The van der Waals surface area contributed by atoms with Crippen LogP contribution >= 0.6 is 0 Å². The van der Waals surface area contributed by atoms with Gasteiger partial charge in [-0.05, 0) is 88.5 Å². The average Bonchev–Trinajstić information content (AvgIpc) is 3.12. The van der Waals surface area contributed by atoms with Crippen LogP contribution in [0.2, 0.25) is 0 Å². The third-order valence-corrected chi connectivity index (χ3v) is 10.3. The fourth-order valence-corrected chi connectivity index (χ4v) is 7.65. The van der Waals surface area contributed by atoms with Gasteiger partial charge in [0.05, 0.1) is 28.4 Å². The molecule has 4 nitrogen and oxygen atoms in total. The van der Waals surface area contributed by atoms with Crippen LogP contribution in [0.1, 0.15) is 55.5 Å². The van der Waals surface area contributed by atoms with Crippen molar-refractivity contribution >= 4 is 45.5 Å². The van der Waals surface area contributed by atoms with E-state index in [4.69, 9.17) is 5.73 Å². The van der Waals surface area contributed by atoms with Crippen molar-refractivity contribution < 1.29 is 0 Å². The fourth-order valence-electron chi connectivity index (χ4n) is 7.65. The van der Waals surface area contributed by atoms with E-state index in [1.807, 2.05) is 6.20 Å². The van der Waals surface area contributed by atoms with Gasteiger partial charge in [-0.1, -0.05) is 113 Å². The average molecular weight is 625 g/mol. The van der Waals surface area contributed by atoms with Gasteiger partial charge in [-0.15, -0.1) is 0 Å². The highest BCUT2D eigenvalue weighted by Crippen LogP contribution is 2.53. The van der Waals surface area contributed by atoms with Crippen molar-refractivity contribution in [2.24, 2.45) is 5.73 Å². The van der Waals surface area contributed by atoms with E-state index in [1.54, 1.807) is 0 Å². The number of nitrogens with one attached hydrogen (secondary N) is 1. The zero-order chi connectivity index (χ0) is 33.0. The van der Waals surface area contributed by atoms with Crippen LogP contribution in [-0.2, 0) is 10.8 Å². The molecule has 236 valence electrons. The number of benzene rings is 6. The lowest BCUT2D eigenvalue weighted by Crippen LogP contribution is -2.30. The van der Waals surface area contributed by atoms with Gasteiger partial charge in [0.1, 0.15) is 0 Å². The standard InChI is InChI=1S/C44H40N4/c1-43(2)34-13-5-9-17-39(34)47(40-18-10-6-14-35(40)43)32-25-21-30(22-26-32)38(45)29-46-31-23-27-33(28-24-31)48-41-19-11-7-15-36(41)44(3,4)37-16-8-12-20-42(37)48/h5-29,46H,45H2,1-4H3/b38-29-. The van der Waals surface area contributed by atoms with Crippen molar-refractivity contribution in [2.45, 2.75) is 38.5 Å². The molecule has 6 aromatic rings. The molecule has 4 heteroatoms. The number of para-hydroxylation sites is 4. The molecule has 48 heavy (non-hydrogen) atoms. The van der Waals surface area contributed by atoms with E-state index in [2.05, 4.69) is 188 Å². The van der Waals surface area contributed by atoms with Crippen LogP contribution in [0.25, 0.3) is 5.70 Å². The number of rotatable bonds is 5. The van der Waals surface area contributed by atoms with Gasteiger partial charge in [0.15, 0.2) is 0 Å². The molecule has 0 saturated heterocycles. The molecule has 0 bridgehead atoms. The van der Waals surface area contributed by atoms with Crippen LogP contribution < -0.4 is 20.9 Å². The van der Waals surface area contributed by atoms with Gasteiger partial charge in [0.25, 0.3) is 0 Å². The minimum absolute atomic E-state index is 0.0780. The zero-order valence-corrected chi connectivity index (χ0v) is 27.9. The maximum atomic E-state index is 6.62. The number of hydrogen-bond acceptors (Lipinski definition) is 4. The first-order valence-corrected chi connectivity index (χ1v) is 16.7. The number of nitrogens with zero attached hydrogens (tertiary/aromatic N) is 2. The Morgan fingerprint density at radius 2 is 0.812 bits per heavy atom. The van der Waals surface area contributed by atoms with Crippen molar-refractivity contribution in [1.29, 1.82) is 0 Å². The van der Waals surface area contributed by atoms with Gasteiger partial charge in [-0.3, -0.25) is 0 Å². The summed E-state index contributed by atoms with van der Waals surface area (Å²) in [6.45, 7) is 9.24. The van der Waals surface area contributed by atoms with Gasteiger partial charge < -0.3 is 20.9 Å². The van der Waals surface area contributed by atoms with Crippen molar-refractivity contribution in [3.05, 3.63) is 180 Å². The molecule has 0 aromatic heterocycles. The summed E-state index contributed by atoms with van der Waals surface area (Å²) in [7, 11) is 0. The van der Waals surface area contributed by atoms with E-state index in [1.165, 1.54) is 45.0 Å². The quantitative estimate of drug-likeness (QED) is 0.200. The Labute approximate surface area is 283 Å². The first-order chi connectivity index (χ1) is 23.2. The molecular formula is C44H40N4. The minimum Gasteiger partial charge on any atom is -0.397 e. The molecule has 0 saturated carbocycles. The van der Waals surface area contributed by atoms with E-state index < -0.39 is 0 Å². The predicted octanol–water partition coefficient (Wildman–Crippen LogP) is 11.3. The number of anilines is 7. The summed E-state index contributed by atoms with van der Waals surface area (Å²) in [6, 6.07) is 52.0. The normalized spacial score (nSPS) is 15.5. The SMILES string of the molecule is CC1(C)c2ccccc2N(c2ccc(N/C=C(\N)c3ccc(N4c5ccccc5C(C)(C)c5ccccc54)cc3)cc2)c2ccccc21. The molecule has 2 aliphatic heterocycles. The predicted molar refractivity (Wildman–Crippen MR) is 202 cm³/mol. The Balaban J connectivity index is 1.04. The number of hydrogen-bond donors (Lipinski definition) is 2. The molecule has 0 unspecified atom stereocenters. The topological polar surface area (TPSA) is 44.5 Å². The molecule has 0 atom stereocenters. The second kappa shape index (κ2) is 11.2. The molecule has 2 aliphatic rings. The molecule has 8 rings (SSSR count). The van der Waals surface area contributed by atoms with Crippen LogP contribution in [0.3, 0.4) is 0 Å². The molecule has 0 spiro atoms. The van der Waals surface area contributed by atoms with E-state index in [-0.39, 0.29) is 10.8 Å².